The molecule has 2 atom stereocenters. The van der Waals surface area contributed by atoms with Gasteiger partial charge in [-0.3, -0.25) is 4.79 Å². The van der Waals surface area contributed by atoms with Gasteiger partial charge in [-0.2, -0.15) is 0 Å². The van der Waals surface area contributed by atoms with Crippen molar-refractivity contribution in [3.05, 3.63) is 0 Å². The first kappa shape index (κ1) is 32.4. The molecule has 0 aromatic rings. The molecule has 0 aromatic carbocycles. The lowest BCUT2D eigenvalue weighted by molar-refractivity contribution is -0.143. The van der Waals surface area contributed by atoms with Gasteiger partial charge in [0, 0.05) is 0 Å². The lowest BCUT2D eigenvalue weighted by Gasteiger charge is -2.15. The van der Waals surface area contributed by atoms with Crippen molar-refractivity contribution >= 4 is 5.97 Å². The molecule has 188 valence electrons. The van der Waals surface area contributed by atoms with Crippen LogP contribution < -0.4 is 0 Å². The molecule has 0 saturated heterocycles. The van der Waals surface area contributed by atoms with Gasteiger partial charge < -0.3 is 30.6 Å². The Morgan fingerprint density at radius 2 is 0.968 bits per heavy atom. The highest BCUT2D eigenvalue weighted by Gasteiger charge is 2.20. The first-order chi connectivity index (χ1) is 14.9. The van der Waals surface area contributed by atoms with Crippen LogP contribution in [-0.4, -0.2) is 68.6 Å². The number of aliphatic hydroxyl groups is 5. The number of carbonyl (C=O) groups is 1. The molecule has 31 heavy (non-hydrogen) atoms. The second-order valence-electron chi connectivity index (χ2n) is 8.51. The van der Waals surface area contributed by atoms with E-state index in [0.717, 1.165) is 12.8 Å². The molecule has 0 saturated carbocycles. The van der Waals surface area contributed by atoms with E-state index in [0.29, 0.717) is 6.42 Å². The monoisotopic (exact) mass is 450 g/mol. The van der Waals surface area contributed by atoms with Crippen LogP contribution in [0.4, 0.5) is 0 Å². The van der Waals surface area contributed by atoms with E-state index in [1.54, 1.807) is 0 Å². The van der Waals surface area contributed by atoms with Crippen molar-refractivity contribution < 1.29 is 35.4 Å². The zero-order chi connectivity index (χ0) is 23.7. The van der Waals surface area contributed by atoms with Gasteiger partial charge in [0.25, 0.3) is 0 Å². The molecule has 0 aromatic heterocycles. The third-order valence-electron chi connectivity index (χ3n) is 5.44. The zero-order valence-corrected chi connectivity index (χ0v) is 19.8. The summed E-state index contributed by atoms with van der Waals surface area (Å²) in [5.41, 5.74) is 0. The van der Waals surface area contributed by atoms with E-state index >= 15 is 0 Å². The number of hydrogen-bond donors (Lipinski definition) is 6. The van der Waals surface area contributed by atoms with Crippen molar-refractivity contribution in [2.45, 2.75) is 122 Å². The van der Waals surface area contributed by atoms with Crippen molar-refractivity contribution in [3.8, 4) is 0 Å². The third-order valence-corrected chi connectivity index (χ3v) is 5.44. The van der Waals surface area contributed by atoms with Crippen molar-refractivity contribution in [2.75, 3.05) is 19.8 Å². The third kappa shape index (κ3) is 25.4. The van der Waals surface area contributed by atoms with Gasteiger partial charge in [0.2, 0.25) is 0 Å². The number of aliphatic hydroxyl groups excluding tert-OH is 5. The van der Waals surface area contributed by atoms with Crippen LogP contribution >= 0.6 is 0 Å². The van der Waals surface area contributed by atoms with E-state index in [9.17, 15) is 9.90 Å². The Morgan fingerprint density at radius 3 is 1.26 bits per heavy atom. The highest BCUT2D eigenvalue weighted by molar-refractivity contribution is 5.69. The van der Waals surface area contributed by atoms with Crippen molar-refractivity contribution in [1.82, 2.24) is 0 Å². The summed E-state index contributed by atoms with van der Waals surface area (Å²) in [5, 5.41) is 51.3. The van der Waals surface area contributed by atoms with E-state index in [2.05, 4.69) is 6.92 Å². The second kappa shape index (κ2) is 25.5. The topological polar surface area (TPSA) is 138 Å². The maximum atomic E-state index is 11.1. The molecule has 0 rings (SSSR count). The van der Waals surface area contributed by atoms with Crippen molar-refractivity contribution in [2.24, 2.45) is 5.92 Å². The van der Waals surface area contributed by atoms with Crippen LogP contribution in [0.25, 0.3) is 0 Å². The van der Waals surface area contributed by atoms with E-state index in [4.69, 9.17) is 25.5 Å². The molecule has 0 amide bonds. The first-order valence-corrected chi connectivity index (χ1v) is 12.3. The van der Waals surface area contributed by atoms with E-state index in [1.165, 1.54) is 77.0 Å². The number of carboxylic acid groups (broad SMARTS) is 1. The molecule has 0 aliphatic heterocycles. The van der Waals surface area contributed by atoms with Crippen LogP contribution in [0.2, 0.25) is 0 Å². The van der Waals surface area contributed by atoms with Gasteiger partial charge in [-0.1, -0.05) is 96.8 Å². The van der Waals surface area contributed by atoms with Crippen LogP contribution in [-0.2, 0) is 4.79 Å². The van der Waals surface area contributed by atoms with Crippen molar-refractivity contribution in [3.63, 3.8) is 0 Å². The minimum atomic E-state index is -0.954. The molecular formula is C24H50O7. The van der Waals surface area contributed by atoms with Crippen LogP contribution in [0, 0.1) is 5.92 Å². The van der Waals surface area contributed by atoms with Gasteiger partial charge >= 0.3 is 5.97 Å². The molecule has 2 unspecified atom stereocenters. The quantitative estimate of drug-likeness (QED) is 0.147. The molecule has 0 aliphatic carbocycles. The molecule has 6 N–H and O–H groups in total. The summed E-state index contributed by atoms with van der Waals surface area (Å²) in [5.74, 6) is -1.39. The highest BCUT2D eigenvalue weighted by Crippen LogP contribution is 2.18. The summed E-state index contributed by atoms with van der Waals surface area (Å²) in [6.45, 7) is 1.17. The van der Waals surface area contributed by atoms with Gasteiger partial charge in [0.1, 0.15) is 6.10 Å². The van der Waals surface area contributed by atoms with Crippen LogP contribution in [0.3, 0.4) is 0 Å². The molecule has 7 nitrogen and oxygen atoms in total. The Labute approximate surface area is 189 Å². The van der Waals surface area contributed by atoms with E-state index in [-0.39, 0.29) is 26.2 Å². The summed E-state index contributed by atoms with van der Waals surface area (Å²) in [6.07, 6.45) is 16.9. The fraction of sp³-hybridized carbons (Fsp3) is 0.958. The second-order valence-corrected chi connectivity index (χ2v) is 8.51. The van der Waals surface area contributed by atoms with E-state index < -0.39 is 24.1 Å². The number of unbranched alkanes of at least 4 members (excludes halogenated alkanes) is 13. The SMILES string of the molecule is CCCCCCCCCCCCCCCCC(CC(O)CO)C(=O)O.OCC(O)CO. The predicted octanol–water partition coefficient (Wildman–Crippen LogP) is 3.63. The lowest BCUT2D eigenvalue weighted by atomic mass is 9.94. The normalized spacial score (nSPS) is 13.0. The van der Waals surface area contributed by atoms with Crippen LogP contribution in [0.15, 0.2) is 0 Å². The fourth-order valence-electron chi connectivity index (χ4n) is 3.39. The molecule has 0 heterocycles. The predicted molar refractivity (Wildman–Crippen MR) is 124 cm³/mol. The zero-order valence-electron chi connectivity index (χ0n) is 19.8. The Balaban J connectivity index is 0. The van der Waals surface area contributed by atoms with Gasteiger partial charge in [0.15, 0.2) is 0 Å². The molecule has 0 fully saturated rings. The Kier molecular flexibility index (Phi) is 26.7. The molecule has 0 spiro atoms. The molecule has 0 radical (unpaired) electrons. The highest BCUT2D eigenvalue weighted by atomic mass is 16.4. The van der Waals surface area contributed by atoms with Gasteiger partial charge in [-0.15, -0.1) is 0 Å². The molecule has 0 aliphatic rings. The lowest BCUT2D eigenvalue weighted by Crippen LogP contribution is -2.23. The largest absolute Gasteiger partial charge is 0.481 e. The molecule has 0 bridgehead atoms. The summed E-state index contributed by atoms with van der Waals surface area (Å²) in [7, 11) is 0. The average molecular weight is 451 g/mol. The molecular weight excluding hydrogens is 400 g/mol. The summed E-state index contributed by atoms with van der Waals surface area (Å²) in [4.78, 5) is 11.1. The average Bonchev–Trinajstić information content (AvgIpc) is 2.77. The minimum absolute atomic E-state index is 0.157. The van der Waals surface area contributed by atoms with Crippen LogP contribution in [0.5, 0.6) is 0 Å². The molecule has 7 heteroatoms. The first-order valence-electron chi connectivity index (χ1n) is 12.3. The van der Waals surface area contributed by atoms with Gasteiger partial charge in [-0.05, 0) is 12.8 Å². The minimum Gasteiger partial charge on any atom is -0.481 e. The standard InChI is InChI=1S/C21H42O4.C3H8O3/c1-2-3-4-5-6-7-8-9-10-11-12-13-14-15-16-19(21(24)25)17-20(23)18-22;4-1-3(6)2-5/h19-20,22-23H,2-18H2,1H3,(H,24,25);3-6H,1-2H2. The number of aliphatic carboxylic acids is 1. The number of rotatable bonds is 21. The summed E-state index contributed by atoms with van der Waals surface area (Å²) < 4.78 is 0. The Hall–Kier alpha value is -0.730. The Bertz CT molecular complexity index is 362. The van der Waals surface area contributed by atoms with Gasteiger partial charge in [-0.25, -0.2) is 0 Å². The van der Waals surface area contributed by atoms with Gasteiger partial charge in [0.05, 0.1) is 31.8 Å². The van der Waals surface area contributed by atoms with Crippen molar-refractivity contribution in [1.29, 1.82) is 0 Å². The maximum Gasteiger partial charge on any atom is 0.306 e. The van der Waals surface area contributed by atoms with Crippen LogP contribution in [0.1, 0.15) is 110 Å². The number of carboxylic acids is 1. The summed E-state index contributed by atoms with van der Waals surface area (Å²) in [6, 6.07) is 0. The smallest absolute Gasteiger partial charge is 0.306 e. The summed E-state index contributed by atoms with van der Waals surface area (Å²) >= 11 is 0. The fourth-order valence-corrected chi connectivity index (χ4v) is 3.39. The number of hydrogen-bond acceptors (Lipinski definition) is 6. The maximum absolute atomic E-state index is 11.1. The van der Waals surface area contributed by atoms with E-state index in [1.807, 2.05) is 0 Å². The Morgan fingerprint density at radius 1 is 0.613 bits per heavy atom.